The Morgan fingerprint density at radius 2 is 1.76 bits per heavy atom. The molecule has 0 saturated carbocycles. The van der Waals surface area contributed by atoms with E-state index in [9.17, 15) is 8.42 Å². The maximum Gasteiger partial charge on any atom is 0.191 e. The highest BCUT2D eigenvalue weighted by atomic mass is 127. The van der Waals surface area contributed by atoms with Gasteiger partial charge < -0.3 is 15.4 Å². The van der Waals surface area contributed by atoms with Crippen molar-refractivity contribution in [3.63, 3.8) is 0 Å². The molecule has 1 aromatic carbocycles. The zero-order valence-electron chi connectivity index (χ0n) is 15.6. The maximum atomic E-state index is 12.1. The Morgan fingerprint density at radius 3 is 2.24 bits per heavy atom. The van der Waals surface area contributed by atoms with Gasteiger partial charge in [0.1, 0.15) is 5.75 Å². The van der Waals surface area contributed by atoms with Crippen LogP contribution in [0.4, 0.5) is 0 Å². The van der Waals surface area contributed by atoms with Crippen LogP contribution in [-0.4, -0.2) is 45.1 Å². The molecule has 6 nitrogen and oxygen atoms in total. The summed E-state index contributed by atoms with van der Waals surface area (Å²) in [6, 6.07) is 7.69. The molecule has 0 fully saturated rings. The topological polar surface area (TPSA) is 79.8 Å². The van der Waals surface area contributed by atoms with Gasteiger partial charge in [0.05, 0.1) is 24.2 Å². The van der Waals surface area contributed by atoms with Crippen molar-refractivity contribution in [1.29, 1.82) is 0 Å². The van der Waals surface area contributed by atoms with Crippen molar-refractivity contribution in [2.45, 2.75) is 39.0 Å². The molecular formula is C17H30IN3O3S. The van der Waals surface area contributed by atoms with Gasteiger partial charge in [-0.3, -0.25) is 0 Å². The number of halogens is 1. The SMILES string of the molecule is CCNC(=NCc1ccc(OC)cc1)NCCS(=O)(=O)C(C)(C)C.I. The number of ether oxygens (including phenoxy) is 1. The summed E-state index contributed by atoms with van der Waals surface area (Å²) in [7, 11) is -1.51. The predicted molar refractivity (Wildman–Crippen MR) is 115 cm³/mol. The number of aliphatic imine (C=N–C) groups is 1. The van der Waals surface area contributed by atoms with E-state index in [-0.39, 0.29) is 29.7 Å². The summed E-state index contributed by atoms with van der Waals surface area (Å²) in [5, 5.41) is 6.20. The average molecular weight is 483 g/mol. The molecule has 0 heterocycles. The van der Waals surface area contributed by atoms with Crippen molar-refractivity contribution in [3.05, 3.63) is 29.8 Å². The molecule has 0 aliphatic rings. The van der Waals surface area contributed by atoms with E-state index in [1.54, 1.807) is 27.9 Å². The molecule has 0 saturated heterocycles. The Labute approximate surface area is 168 Å². The molecule has 0 aliphatic carbocycles. The van der Waals surface area contributed by atoms with Crippen LogP contribution in [0.15, 0.2) is 29.3 Å². The van der Waals surface area contributed by atoms with Gasteiger partial charge in [0.15, 0.2) is 15.8 Å². The molecule has 2 N–H and O–H groups in total. The number of hydrogen-bond acceptors (Lipinski definition) is 4. The molecule has 0 atom stereocenters. The van der Waals surface area contributed by atoms with E-state index in [4.69, 9.17) is 4.74 Å². The van der Waals surface area contributed by atoms with Crippen molar-refractivity contribution in [2.75, 3.05) is 26.0 Å². The standard InChI is InChI=1S/C17H29N3O3S.HI/c1-6-18-16(19-11-12-24(21,22)17(2,3)4)20-13-14-7-9-15(23-5)10-8-14;/h7-10H,6,11-13H2,1-5H3,(H2,18,19,20);1H. The fraction of sp³-hybridized carbons (Fsp3) is 0.588. The normalized spacial score (nSPS) is 12.3. The predicted octanol–water partition coefficient (Wildman–Crippen LogP) is 2.58. The second kappa shape index (κ2) is 10.8. The number of sulfone groups is 1. The molecule has 8 heteroatoms. The van der Waals surface area contributed by atoms with E-state index in [1.807, 2.05) is 31.2 Å². The number of rotatable bonds is 7. The largest absolute Gasteiger partial charge is 0.497 e. The number of benzene rings is 1. The lowest BCUT2D eigenvalue weighted by Gasteiger charge is -2.19. The summed E-state index contributed by atoms with van der Waals surface area (Å²) in [4.78, 5) is 4.48. The summed E-state index contributed by atoms with van der Waals surface area (Å²) < 4.78 is 28.6. The van der Waals surface area contributed by atoms with E-state index in [2.05, 4.69) is 15.6 Å². The zero-order chi connectivity index (χ0) is 18.2. The van der Waals surface area contributed by atoms with Gasteiger partial charge >= 0.3 is 0 Å². The van der Waals surface area contributed by atoms with Crippen molar-refractivity contribution >= 4 is 39.8 Å². The van der Waals surface area contributed by atoms with Crippen LogP contribution in [0.2, 0.25) is 0 Å². The van der Waals surface area contributed by atoms with Crippen LogP contribution in [0.5, 0.6) is 5.75 Å². The van der Waals surface area contributed by atoms with Gasteiger partial charge in [-0.25, -0.2) is 13.4 Å². The fourth-order valence-electron chi connectivity index (χ4n) is 1.85. The highest BCUT2D eigenvalue weighted by molar-refractivity contribution is 14.0. The van der Waals surface area contributed by atoms with Gasteiger partial charge in [0.25, 0.3) is 0 Å². The van der Waals surface area contributed by atoms with Crippen LogP contribution in [0, 0.1) is 0 Å². The molecule has 144 valence electrons. The van der Waals surface area contributed by atoms with Gasteiger partial charge in [0.2, 0.25) is 0 Å². The second-order valence-corrected chi connectivity index (χ2v) is 9.26. The maximum absolute atomic E-state index is 12.1. The van der Waals surface area contributed by atoms with Crippen LogP contribution in [-0.2, 0) is 16.4 Å². The molecule has 0 bridgehead atoms. The third-order valence-corrected chi connectivity index (χ3v) is 6.13. The van der Waals surface area contributed by atoms with Crippen molar-refractivity contribution in [1.82, 2.24) is 10.6 Å². The molecule has 0 aromatic heterocycles. The van der Waals surface area contributed by atoms with Crippen molar-refractivity contribution in [3.8, 4) is 5.75 Å². The molecular weight excluding hydrogens is 453 g/mol. The Balaban J connectivity index is 0.00000576. The minimum absolute atomic E-state index is 0. The number of hydrogen-bond donors (Lipinski definition) is 2. The van der Waals surface area contributed by atoms with Crippen LogP contribution < -0.4 is 15.4 Å². The first-order chi connectivity index (χ1) is 11.2. The number of nitrogens with zero attached hydrogens (tertiary/aromatic N) is 1. The molecule has 0 spiro atoms. The number of guanidine groups is 1. The highest BCUT2D eigenvalue weighted by Gasteiger charge is 2.28. The number of nitrogens with one attached hydrogen (secondary N) is 2. The lowest BCUT2D eigenvalue weighted by Crippen LogP contribution is -2.41. The summed E-state index contributed by atoms with van der Waals surface area (Å²) in [5.74, 6) is 1.49. The fourth-order valence-corrected chi connectivity index (χ4v) is 2.84. The first-order valence-corrected chi connectivity index (χ1v) is 9.72. The Kier molecular flexibility index (Phi) is 10.4. The third-order valence-electron chi connectivity index (χ3n) is 3.52. The number of methoxy groups -OCH3 is 1. The van der Waals surface area contributed by atoms with Gasteiger partial charge in [-0.2, -0.15) is 0 Å². The van der Waals surface area contributed by atoms with Gasteiger partial charge in [0, 0.05) is 13.1 Å². The van der Waals surface area contributed by atoms with E-state index in [0.717, 1.165) is 11.3 Å². The first-order valence-electron chi connectivity index (χ1n) is 8.07. The quantitative estimate of drug-likeness (QED) is 0.354. The minimum Gasteiger partial charge on any atom is -0.497 e. The molecule has 0 unspecified atom stereocenters. The third kappa shape index (κ3) is 8.26. The lowest BCUT2D eigenvalue weighted by molar-refractivity contribution is 0.414. The molecule has 0 aliphatic heterocycles. The Hall–Kier alpha value is -1.03. The highest BCUT2D eigenvalue weighted by Crippen LogP contribution is 2.15. The molecule has 25 heavy (non-hydrogen) atoms. The van der Waals surface area contributed by atoms with Crippen LogP contribution in [0.3, 0.4) is 0 Å². The zero-order valence-corrected chi connectivity index (χ0v) is 18.8. The minimum atomic E-state index is -3.14. The first kappa shape index (κ1) is 24.0. The van der Waals surface area contributed by atoms with Crippen molar-refractivity contribution < 1.29 is 13.2 Å². The second-order valence-electron chi connectivity index (χ2n) is 6.40. The van der Waals surface area contributed by atoms with E-state index < -0.39 is 14.6 Å². The average Bonchev–Trinajstić information content (AvgIpc) is 2.52. The molecule has 0 radical (unpaired) electrons. The summed E-state index contributed by atoms with van der Waals surface area (Å²) >= 11 is 0. The molecule has 0 amide bonds. The molecule has 1 rings (SSSR count). The van der Waals surface area contributed by atoms with Crippen LogP contribution >= 0.6 is 24.0 Å². The summed E-state index contributed by atoms with van der Waals surface area (Å²) in [6.07, 6.45) is 0. The Morgan fingerprint density at radius 1 is 1.16 bits per heavy atom. The Bertz CT molecular complexity index is 638. The van der Waals surface area contributed by atoms with Gasteiger partial charge in [-0.15, -0.1) is 24.0 Å². The van der Waals surface area contributed by atoms with Gasteiger partial charge in [-0.05, 0) is 45.4 Å². The summed E-state index contributed by atoms with van der Waals surface area (Å²) in [5.41, 5.74) is 1.05. The van der Waals surface area contributed by atoms with E-state index in [1.165, 1.54) is 0 Å². The van der Waals surface area contributed by atoms with Gasteiger partial charge in [-0.1, -0.05) is 12.1 Å². The van der Waals surface area contributed by atoms with Crippen LogP contribution in [0.25, 0.3) is 0 Å². The molecule has 1 aromatic rings. The summed E-state index contributed by atoms with van der Waals surface area (Å²) in [6.45, 7) is 8.65. The lowest BCUT2D eigenvalue weighted by atomic mass is 10.2. The van der Waals surface area contributed by atoms with E-state index in [0.29, 0.717) is 25.6 Å². The van der Waals surface area contributed by atoms with Crippen molar-refractivity contribution in [2.24, 2.45) is 4.99 Å². The monoisotopic (exact) mass is 483 g/mol. The van der Waals surface area contributed by atoms with E-state index >= 15 is 0 Å². The smallest absolute Gasteiger partial charge is 0.191 e. The van der Waals surface area contributed by atoms with Crippen LogP contribution in [0.1, 0.15) is 33.3 Å².